The summed E-state index contributed by atoms with van der Waals surface area (Å²) >= 11 is 6.08. The first-order chi connectivity index (χ1) is 18.8. The van der Waals surface area contributed by atoms with Crippen molar-refractivity contribution >= 4 is 29.7 Å². The molecule has 0 aromatic heterocycles. The molecule has 0 saturated carbocycles. The van der Waals surface area contributed by atoms with Crippen LogP contribution in [-0.2, 0) is 22.5 Å². The summed E-state index contributed by atoms with van der Waals surface area (Å²) in [6.45, 7) is -0.219. The van der Waals surface area contributed by atoms with Gasteiger partial charge in [-0.15, -0.1) is 0 Å². The Morgan fingerprint density at radius 2 is 1.79 bits per heavy atom. The number of carbonyl (C=O) groups is 3. The minimum Gasteiger partial charge on any atom is -0.497 e. The van der Waals surface area contributed by atoms with Crippen molar-refractivity contribution in [2.45, 2.75) is 24.9 Å². The van der Waals surface area contributed by atoms with E-state index in [9.17, 15) is 19.5 Å². The fourth-order valence-electron chi connectivity index (χ4n) is 4.57. The zero-order valence-electron chi connectivity index (χ0n) is 21.6. The first-order valence-corrected chi connectivity index (χ1v) is 12.7. The van der Waals surface area contributed by atoms with Crippen LogP contribution in [-0.4, -0.2) is 66.4 Å². The van der Waals surface area contributed by atoms with E-state index in [0.29, 0.717) is 34.1 Å². The normalized spacial score (nSPS) is 15.4. The second-order valence-electron chi connectivity index (χ2n) is 9.07. The van der Waals surface area contributed by atoms with Gasteiger partial charge in [-0.3, -0.25) is 4.79 Å². The molecule has 0 bridgehead atoms. The Kier molecular flexibility index (Phi) is 8.93. The van der Waals surface area contributed by atoms with E-state index in [0.717, 1.165) is 15.4 Å². The predicted molar refractivity (Wildman–Crippen MR) is 144 cm³/mol. The molecule has 4 rings (SSSR count). The summed E-state index contributed by atoms with van der Waals surface area (Å²) < 4.78 is 15.9. The number of carbonyl (C=O) groups excluding carboxylic acids is 2. The van der Waals surface area contributed by atoms with Crippen molar-refractivity contribution in [1.82, 2.24) is 9.80 Å². The Labute approximate surface area is 231 Å². The fourth-order valence-corrected chi connectivity index (χ4v) is 4.70. The third-order valence-corrected chi connectivity index (χ3v) is 6.86. The molecule has 0 unspecified atom stereocenters. The van der Waals surface area contributed by atoms with Crippen LogP contribution in [0.25, 0.3) is 0 Å². The number of ether oxygens (including phenoxy) is 3. The highest BCUT2D eigenvalue weighted by Crippen LogP contribution is 2.30. The van der Waals surface area contributed by atoms with E-state index in [1.165, 1.54) is 14.2 Å². The van der Waals surface area contributed by atoms with Gasteiger partial charge in [-0.05, 0) is 41.8 Å². The summed E-state index contributed by atoms with van der Waals surface area (Å²) in [4.78, 5) is 41.4. The zero-order valence-corrected chi connectivity index (χ0v) is 22.3. The largest absolute Gasteiger partial charge is 0.497 e. The van der Waals surface area contributed by atoms with Crippen molar-refractivity contribution in [2.24, 2.45) is 0 Å². The molecule has 3 aromatic rings. The number of methoxy groups -OCH3 is 2. The Morgan fingerprint density at radius 1 is 1.08 bits per heavy atom. The standard InChI is InChI=1S/C29H29ClN2O7/c1-37-24-13-10-21(26(15-24)38-2)16-31(28(34)35)17-25(20-8-11-22(30)12-9-20)27(33)32-23(18-39-29(32)36)14-19-6-4-3-5-7-19/h3-13,15,23,25H,14,16-18H2,1-2H3,(H,34,35)/t23-,25+/m1/s1. The van der Waals surface area contributed by atoms with Gasteiger partial charge in [0.05, 0.1) is 32.7 Å². The monoisotopic (exact) mass is 552 g/mol. The first kappa shape index (κ1) is 27.8. The van der Waals surface area contributed by atoms with Crippen molar-refractivity contribution in [3.63, 3.8) is 0 Å². The Morgan fingerprint density at radius 3 is 2.44 bits per heavy atom. The van der Waals surface area contributed by atoms with Crippen molar-refractivity contribution < 1.29 is 33.7 Å². The Balaban J connectivity index is 1.65. The zero-order chi connectivity index (χ0) is 27.9. The molecule has 3 aromatic carbocycles. The maximum absolute atomic E-state index is 14.0. The highest BCUT2D eigenvalue weighted by atomic mass is 35.5. The van der Waals surface area contributed by atoms with Crippen LogP contribution in [0.5, 0.6) is 11.5 Å². The van der Waals surface area contributed by atoms with E-state index in [1.54, 1.807) is 42.5 Å². The molecule has 1 aliphatic heterocycles. The van der Waals surface area contributed by atoms with Gasteiger partial charge in [-0.25, -0.2) is 14.5 Å². The summed E-state index contributed by atoms with van der Waals surface area (Å²) in [6.07, 6.45) is -1.57. The van der Waals surface area contributed by atoms with Gasteiger partial charge in [0.1, 0.15) is 18.1 Å². The van der Waals surface area contributed by atoms with Gasteiger partial charge in [-0.1, -0.05) is 54.1 Å². The second kappa shape index (κ2) is 12.5. The third-order valence-electron chi connectivity index (χ3n) is 6.61. The number of benzene rings is 3. The van der Waals surface area contributed by atoms with Crippen LogP contribution in [0.3, 0.4) is 0 Å². The van der Waals surface area contributed by atoms with Gasteiger partial charge in [0.25, 0.3) is 0 Å². The number of cyclic esters (lactones) is 1. The third kappa shape index (κ3) is 6.61. The maximum atomic E-state index is 14.0. The number of hydrogen-bond acceptors (Lipinski definition) is 6. The highest BCUT2D eigenvalue weighted by molar-refractivity contribution is 6.30. The number of imide groups is 1. The number of nitrogens with zero attached hydrogens (tertiary/aromatic N) is 2. The number of carboxylic acid groups (broad SMARTS) is 1. The summed E-state index contributed by atoms with van der Waals surface area (Å²) in [7, 11) is 3.00. The number of rotatable bonds is 10. The van der Waals surface area contributed by atoms with E-state index in [-0.39, 0.29) is 19.7 Å². The SMILES string of the molecule is COc1ccc(CN(C[C@H](C(=O)N2C(=O)OC[C@H]2Cc2ccccc2)c2ccc(Cl)cc2)C(=O)O)c(OC)c1. The average Bonchev–Trinajstić information content (AvgIpc) is 3.31. The molecule has 0 spiro atoms. The highest BCUT2D eigenvalue weighted by Gasteiger charge is 2.42. The summed E-state index contributed by atoms with van der Waals surface area (Å²) in [5, 5.41) is 10.6. The molecular formula is C29H29ClN2O7. The molecule has 1 heterocycles. The van der Waals surface area contributed by atoms with Gasteiger partial charge in [0.2, 0.25) is 5.91 Å². The Bertz CT molecular complexity index is 1320. The second-order valence-corrected chi connectivity index (χ2v) is 9.51. The summed E-state index contributed by atoms with van der Waals surface area (Å²) in [5.74, 6) is -0.537. The quantitative estimate of drug-likeness (QED) is 0.368. The molecule has 10 heteroatoms. The lowest BCUT2D eigenvalue weighted by molar-refractivity contribution is -0.131. The molecule has 0 aliphatic carbocycles. The molecule has 1 aliphatic rings. The van der Waals surface area contributed by atoms with Crippen LogP contribution < -0.4 is 9.47 Å². The minimum absolute atomic E-state index is 0.0541. The number of hydrogen-bond donors (Lipinski definition) is 1. The molecule has 1 fully saturated rings. The molecule has 1 N–H and O–H groups in total. The van der Waals surface area contributed by atoms with Gasteiger partial charge >= 0.3 is 12.2 Å². The fraction of sp³-hybridized carbons (Fsp3) is 0.276. The van der Waals surface area contributed by atoms with Crippen LogP contribution in [0.2, 0.25) is 5.02 Å². The topological polar surface area (TPSA) is 106 Å². The number of amides is 3. The van der Waals surface area contributed by atoms with Gasteiger partial charge in [0.15, 0.2) is 0 Å². The van der Waals surface area contributed by atoms with E-state index in [1.807, 2.05) is 30.3 Å². The van der Waals surface area contributed by atoms with Crippen molar-refractivity contribution in [3.8, 4) is 11.5 Å². The molecule has 2 atom stereocenters. The van der Waals surface area contributed by atoms with E-state index in [4.69, 9.17) is 25.8 Å². The minimum atomic E-state index is -1.23. The number of halogens is 1. The first-order valence-electron chi connectivity index (χ1n) is 12.3. The van der Waals surface area contributed by atoms with Crippen LogP contribution in [0.1, 0.15) is 22.6 Å². The van der Waals surface area contributed by atoms with Crippen molar-refractivity contribution in [3.05, 3.63) is 94.5 Å². The molecule has 0 radical (unpaired) electrons. The lowest BCUT2D eigenvalue weighted by atomic mass is 9.95. The predicted octanol–water partition coefficient (Wildman–Crippen LogP) is 5.21. The average molecular weight is 553 g/mol. The molecule has 9 nitrogen and oxygen atoms in total. The van der Waals surface area contributed by atoms with Gasteiger partial charge < -0.3 is 24.2 Å². The van der Waals surface area contributed by atoms with Gasteiger partial charge in [-0.2, -0.15) is 0 Å². The maximum Gasteiger partial charge on any atom is 0.417 e. The van der Waals surface area contributed by atoms with Crippen molar-refractivity contribution in [2.75, 3.05) is 27.4 Å². The molecular weight excluding hydrogens is 524 g/mol. The molecule has 204 valence electrons. The smallest absolute Gasteiger partial charge is 0.417 e. The van der Waals surface area contributed by atoms with Crippen LogP contribution >= 0.6 is 11.6 Å². The summed E-state index contributed by atoms with van der Waals surface area (Å²) in [5.41, 5.74) is 2.06. The van der Waals surface area contributed by atoms with Crippen molar-refractivity contribution in [1.29, 1.82) is 0 Å². The van der Waals surface area contributed by atoms with Crippen LogP contribution in [0.4, 0.5) is 9.59 Å². The summed E-state index contributed by atoms with van der Waals surface area (Å²) in [6, 6.07) is 20.6. The lowest BCUT2D eigenvalue weighted by Crippen LogP contribution is -2.46. The van der Waals surface area contributed by atoms with Crippen LogP contribution in [0.15, 0.2) is 72.8 Å². The van der Waals surface area contributed by atoms with E-state index in [2.05, 4.69) is 0 Å². The molecule has 39 heavy (non-hydrogen) atoms. The van der Waals surface area contributed by atoms with E-state index >= 15 is 0 Å². The molecule has 1 saturated heterocycles. The lowest BCUT2D eigenvalue weighted by Gasteiger charge is -2.29. The van der Waals surface area contributed by atoms with Crippen LogP contribution in [0, 0.1) is 0 Å². The Hall–Kier alpha value is -4.24. The molecule has 3 amide bonds. The van der Waals surface area contributed by atoms with E-state index < -0.39 is 30.1 Å². The van der Waals surface area contributed by atoms with Gasteiger partial charge in [0, 0.05) is 23.2 Å².